The van der Waals surface area contributed by atoms with E-state index in [1.165, 1.54) is 0 Å². The van der Waals surface area contributed by atoms with E-state index in [0.29, 0.717) is 0 Å². The standard InChI is InChI=1S/C20H21F4NO4/c21-13-1-11(2-14(22)5-13)9-28-17-7-25-8-18(20(27)19(17)26)29-10-12-3-15(23)6-16(24)4-12/h1-6,17-20,25-27H,7-10H2/t17-,18-,19-,20-/m0/s1. The fraction of sp³-hybridized carbons (Fsp3) is 0.400. The van der Waals surface area contributed by atoms with Crippen molar-refractivity contribution in [2.24, 2.45) is 0 Å². The van der Waals surface area contributed by atoms with Gasteiger partial charge in [-0.1, -0.05) is 0 Å². The zero-order valence-electron chi connectivity index (χ0n) is 15.3. The lowest BCUT2D eigenvalue weighted by molar-refractivity contribution is -0.128. The van der Waals surface area contributed by atoms with E-state index in [4.69, 9.17) is 9.47 Å². The average Bonchev–Trinajstić information content (AvgIpc) is 2.76. The van der Waals surface area contributed by atoms with Crippen molar-refractivity contribution in [2.75, 3.05) is 13.1 Å². The highest BCUT2D eigenvalue weighted by atomic mass is 19.1. The summed E-state index contributed by atoms with van der Waals surface area (Å²) >= 11 is 0. The van der Waals surface area contributed by atoms with Crippen molar-refractivity contribution in [1.29, 1.82) is 0 Å². The minimum absolute atomic E-state index is 0.157. The van der Waals surface area contributed by atoms with E-state index in [0.717, 1.165) is 36.4 Å². The van der Waals surface area contributed by atoms with Gasteiger partial charge in [0.05, 0.1) is 25.4 Å². The molecule has 1 fully saturated rings. The van der Waals surface area contributed by atoms with Crippen LogP contribution in [0.5, 0.6) is 0 Å². The monoisotopic (exact) mass is 415 g/mol. The minimum atomic E-state index is -1.35. The van der Waals surface area contributed by atoms with Crippen molar-refractivity contribution >= 4 is 0 Å². The molecule has 1 aliphatic heterocycles. The molecular formula is C20H21F4NO4. The fourth-order valence-electron chi connectivity index (χ4n) is 3.16. The number of aliphatic hydroxyl groups is 2. The molecule has 5 nitrogen and oxygen atoms in total. The van der Waals surface area contributed by atoms with Gasteiger partial charge in [0, 0.05) is 25.2 Å². The number of benzene rings is 2. The summed E-state index contributed by atoms with van der Waals surface area (Å²) in [6, 6.07) is 5.92. The van der Waals surface area contributed by atoms with Crippen LogP contribution in [-0.2, 0) is 22.7 Å². The van der Waals surface area contributed by atoms with E-state index in [9.17, 15) is 27.8 Å². The van der Waals surface area contributed by atoms with Gasteiger partial charge in [-0.25, -0.2) is 17.6 Å². The second-order valence-corrected chi connectivity index (χ2v) is 6.89. The Morgan fingerprint density at radius 1 is 0.690 bits per heavy atom. The van der Waals surface area contributed by atoms with Gasteiger partial charge >= 0.3 is 0 Å². The molecule has 158 valence electrons. The molecule has 2 aromatic rings. The molecule has 1 aliphatic rings. The van der Waals surface area contributed by atoms with Crippen LogP contribution in [0.4, 0.5) is 17.6 Å². The first-order chi connectivity index (χ1) is 13.8. The number of hydrogen-bond donors (Lipinski definition) is 3. The van der Waals surface area contributed by atoms with Gasteiger partial charge in [-0.2, -0.15) is 0 Å². The SMILES string of the molecule is O[C@@H]1[C@@H](O)[C@@H](OCc2cc(F)cc(F)c2)CNC[C@@H]1OCc1cc(F)cc(F)c1. The van der Waals surface area contributed by atoms with Gasteiger partial charge < -0.3 is 25.0 Å². The van der Waals surface area contributed by atoms with Gasteiger partial charge in [-0.05, 0) is 35.4 Å². The first kappa shape index (κ1) is 21.7. The highest BCUT2D eigenvalue weighted by molar-refractivity contribution is 5.18. The summed E-state index contributed by atoms with van der Waals surface area (Å²) in [6.07, 6.45) is -4.43. The molecule has 1 heterocycles. The summed E-state index contributed by atoms with van der Waals surface area (Å²) < 4.78 is 64.1. The molecule has 0 saturated carbocycles. The average molecular weight is 415 g/mol. The van der Waals surface area contributed by atoms with E-state index in [1.807, 2.05) is 0 Å². The van der Waals surface area contributed by atoms with Crippen molar-refractivity contribution in [1.82, 2.24) is 5.32 Å². The number of nitrogens with one attached hydrogen (secondary N) is 1. The summed E-state index contributed by atoms with van der Waals surface area (Å²) in [4.78, 5) is 0. The van der Waals surface area contributed by atoms with Crippen molar-refractivity contribution in [3.8, 4) is 0 Å². The Balaban J connectivity index is 1.58. The molecule has 0 radical (unpaired) electrons. The maximum atomic E-state index is 13.3. The quantitative estimate of drug-likeness (QED) is 0.630. The maximum absolute atomic E-state index is 13.3. The van der Waals surface area contributed by atoms with Crippen molar-refractivity contribution in [3.05, 3.63) is 70.8 Å². The van der Waals surface area contributed by atoms with E-state index >= 15 is 0 Å². The minimum Gasteiger partial charge on any atom is -0.388 e. The summed E-state index contributed by atoms with van der Waals surface area (Å²) in [7, 11) is 0. The molecule has 29 heavy (non-hydrogen) atoms. The second kappa shape index (κ2) is 9.64. The predicted molar refractivity (Wildman–Crippen MR) is 94.8 cm³/mol. The molecule has 1 saturated heterocycles. The van der Waals surface area contributed by atoms with Gasteiger partial charge in [0.15, 0.2) is 0 Å². The lowest BCUT2D eigenvalue weighted by Crippen LogP contribution is -2.45. The number of hydrogen-bond acceptors (Lipinski definition) is 5. The zero-order valence-corrected chi connectivity index (χ0v) is 15.3. The van der Waals surface area contributed by atoms with Crippen molar-refractivity contribution < 1.29 is 37.2 Å². The van der Waals surface area contributed by atoms with Crippen LogP contribution in [0.1, 0.15) is 11.1 Å². The molecule has 0 aliphatic carbocycles. The van der Waals surface area contributed by atoms with Crippen LogP contribution in [0.25, 0.3) is 0 Å². The third kappa shape index (κ3) is 5.97. The van der Waals surface area contributed by atoms with E-state index in [2.05, 4.69) is 5.32 Å². The van der Waals surface area contributed by atoms with E-state index in [-0.39, 0.29) is 37.4 Å². The van der Waals surface area contributed by atoms with Crippen LogP contribution in [0.2, 0.25) is 0 Å². The topological polar surface area (TPSA) is 71.0 Å². The lowest BCUT2D eigenvalue weighted by atomic mass is 10.0. The smallest absolute Gasteiger partial charge is 0.126 e. The molecule has 3 N–H and O–H groups in total. The van der Waals surface area contributed by atoms with Crippen LogP contribution < -0.4 is 5.32 Å². The Labute approximate surface area is 164 Å². The van der Waals surface area contributed by atoms with Crippen LogP contribution in [0.15, 0.2) is 36.4 Å². The Bertz CT molecular complexity index is 730. The van der Waals surface area contributed by atoms with Gasteiger partial charge in [-0.15, -0.1) is 0 Å². The van der Waals surface area contributed by atoms with Crippen molar-refractivity contribution in [3.63, 3.8) is 0 Å². The zero-order chi connectivity index (χ0) is 21.0. The van der Waals surface area contributed by atoms with E-state index in [1.54, 1.807) is 0 Å². The summed E-state index contributed by atoms with van der Waals surface area (Å²) in [6.45, 7) is -0.0211. The van der Waals surface area contributed by atoms with Gasteiger partial charge in [0.1, 0.15) is 35.5 Å². The molecule has 0 bridgehead atoms. The Hall–Kier alpha value is -2.04. The maximum Gasteiger partial charge on any atom is 0.126 e. The summed E-state index contributed by atoms with van der Waals surface area (Å²) in [5, 5.41) is 23.8. The second-order valence-electron chi connectivity index (χ2n) is 6.89. The number of ether oxygens (including phenoxy) is 2. The highest BCUT2D eigenvalue weighted by Gasteiger charge is 2.36. The molecule has 4 atom stereocenters. The molecular weight excluding hydrogens is 394 g/mol. The molecule has 0 unspecified atom stereocenters. The van der Waals surface area contributed by atoms with E-state index < -0.39 is 47.7 Å². The third-order valence-corrected chi connectivity index (χ3v) is 4.58. The molecule has 0 aromatic heterocycles. The first-order valence-electron chi connectivity index (χ1n) is 9.02. The molecule has 0 spiro atoms. The molecule has 3 rings (SSSR count). The number of halogens is 4. The molecule has 9 heteroatoms. The molecule has 2 aromatic carbocycles. The fourth-order valence-corrected chi connectivity index (χ4v) is 3.16. The van der Waals surface area contributed by atoms with Crippen LogP contribution >= 0.6 is 0 Å². The van der Waals surface area contributed by atoms with Crippen molar-refractivity contribution in [2.45, 2.75) is 37.6 Å². The first-order valence-corrected chi connectivity index (χ1v) is 9.02. The largest absolute Gasteiger partial charge is 0.388 e. The lowest BCUT2D eigenvalue weighted by Gasteiger charge is -2.27. The Morgan fingerprint density at radius 3 is 1.38 bits per heavy atom. The van der Waals surface area contributed by atoms with Crippen LogP contribution in [0, 0.1) is 23.3 Å². The van der Waals surface area contributed by atoms with Crippen LogP contribution in [-0.4, -0.2) is 47.7 Å². The Morgan fingerprint density at radius 2 is 1.03 bits per heavy atom. The molecule has 0 amide bonds. The van der Waals surface area contributed by atoms with Gasteiger partial charge in [0.25, 0.3) is 0 Å². The highest BCUT2D eigenvalue weighted by Crippen LogP contribution is 2.18. The van der Waals surface area contributed by atoms with Crippen LogP contribution in [0.3, 0.4) is 0 Å². The van der Waals surface area contributed by atoms with Gasteiger partial charge in [0.2, 0.25) is 0 Å². The number of rotatable bonds is 6. The number of aliphatic hydroxyl groups excluding tert-OH is 2. The predicted octanol–water partition coefficient (Wildman–Crippen LogP) is 2.04. The summed E-state index contributed by atoms with van der Waals surface area (Å²) in [5.74, 6) is -2.98. The summed E-state index contributed by atoms with van der Waals surface area (Å²) in [5.41, 5.74) is 0.490. The third-order valence-electron chi connectivity index (χ3n) is 4.58. The van der Waals surface area contributed by atoms with Gasteiger partial charge in [-0.3, -0.25) is 0 Å². The normalized spacial score (nSPS) is 25.0. The Kier molecular flexibility index (Phi) is 7.20.